The summed E-state index contributed by atoms with van der Waals surface area (Å²) in [4.78, 5) is 12.4. The Bertz CT molecular complexity index is 655. The summed E-state index contributed by atoms with van der Waals surface area (Å²) in [6.07, 6.45) is 4.41. The third kappa shape index (κ3) is 3.88. The highest BCUT2D eigenvalue weighted by Gasteiger charge is 2.51. The van der Waals surface area contributed by atoms with Crippen molar-refractivity contribution in [3.8, 4) is 0 Å². The Morgan fingerprint density at radius 1 is 1.15 bits per heavy atom. The van der Waals surface area contributed by atoms with Gasteiger partial charge in [0.15, 0.2) is 8.32 Å². The highest BCUT2D eigenvalue weighted by molar-refractivity contribution is 6.83. The topological polar surface area (TPSA) is 26.3 Å². The largest absolute Gasteiger partial charge is 0.409 e. The van der Waals surface area contributed by atoms with Crippen LogP contribution >= 0.6 is 0 Å². The van der Waals surface area contributed by atoms with Gasteiger partial charge in [0, 0.05) is 5.92 Å². The molecule has 2 nitrogen and oxygen atoms in total. The van der Waals surface area contributed by atoms with Gasteiger partial charge in [0.05, 0.1) is 14.2 Å². The average Bonchev–Trinajstić information content (AvgIpc) is 2.65. The van der Waals surface area contributed by atoms with Crippen LogP contribution in [-0.4, -0.2) is 28.3 Å². The molecule has 2 rings (SSSR count). The fourth-order valence-corrected chi connectivity index (χ4v) is 8.22. The fraction of sp³-hybridized carbons (Fsp3) is 0.773. The smallest absolute Gasteiger partial charge is 0.192 e. The predicted molar refractivity (Wildman–Crippen MR) is 118 cm³/mol. The summed E-state index contributed by atoms with van der Waals surface area (Å²) < 4.78 is 6.97. The van der Waals surface area contributed by atoms with E-state index in [2.05, 4.69) is 73.4 Å². The van der Waals surface area contributed by atoms with Gasteiger partial charge in [-0.05, 0) is 54.5 Å². The van der Waals surface area contributed by atoms with E-state index in [1.54, 1.807) is 6.92 Å². The second-order valence-electron chi connectivity index (χ2n) is 11.6. The first-order valence-corrected chi connectivity index (χ1v) is 16.5. The van der Waals surface area contributed by atoms with Crippen molar-refractivity contribution in [1.82, 2.24) is 0 Å². The minimum Gasteiger partial charge on any atom is -0.409 e. The van der Waals surface area contributed by atoms with Gasteiger partial charge in [-0.15, -0.1) is 0 Å². The number of ketones is 1. The SMILES string of the molecule is CC(=O)C1CC=C2C(=C1[Si](C)(C)C)CC(C)(C)C2O[Si](C)(C)C(C)(C)C. The Morgan fingerprint density at radius 3 is 2.12 bits per heavy atom. The molecule has 2 aliphatic rings. The van der Waals surface area contributed by atoms with Gasteiger partial charge in [-0.2, -0.15) is 0 Å². The highest BCUT2D eigenvalue weighted by Crippen LogP contribution is 2.54. The van der Waals surface area contributed by atoms with Crippen molar-refractivity contribution in [2.75, 3.05) is 0 Å². The first-order valence-electron chi connectivity index (χ1n) is 10.1. The normalized spacial score (nSPS) is 26.7. The van der Waals surface area contributed by atoms with E-state index < -0.39 is 16.4 Å². The minimum absolute atomic E-state index is 0.0905. The molecule has 2 aliphatic carbocycles. The molecular weight excluding hydrogens is 352 g/mol. The molecule has 2 unspecified atom stereocenters. The molecule has 0 N–H and O–H groups in total. The van der Waals surface area contributed by atoms with Crippen molar-refractivity contribution in [2.24, 2.45) is 11.3 Å². The van der Waals surface area contributed by atoms with E-state index in [4.69, 9.17) is 4.43 Å². The second-order valence-corrected chi connectivity index (χ2v) is 21.4. The Morgan fingerprint density at radius 2 is 1.69 bits per heavy atom. The summed E-state index contributed by atoms with van der Waals surface area (Å²) in [6.45, 7) is 25.3. The van der Waals surface area contributed by atoms with Crippen molar-refractivity contribution in [1.29, 1.82) is 0 Å². The molecule has 0 amide bonds. The zero-order valence-electron chi connectivity index (χ0n) is 19.0. The van der Waals surface area contributed by atoms with Gasteiger partial charge in [0.1, 0.15) is 5.78 Å². The summed E-state index contributed by atoms with van der Waals surface area (Å²) in [5.41, 5.74) is 2.98. The van der Waals surface area contributed by atoms with Crippen molar-refractivity contribution >= 4 is 22.2 Å². The number of carbonyl (C=O) groups excluding carboxylic acids is 1. The molecule has 2 atom stereocenters. The standard InChI is InChI=1S/C22H40O2Si2/c1-15(23)16-12-13-17-18(19(16)25(7,8)9)14-22(5,6)20(17)24-26(10,11)21(2,3)4/h13,16,20H,12,14H2,1-11H3. The van der Waals surface area contributed by atoms with E-state index in [0.717, 1.165) is 12.8 Å². The Hall–Kier alpha value is -0.456. The van der Waals surface area contributed by atoms with E-state index in [-0.39, 0.29) is 22.5 Å². The molecule has 26 heavy (non-hydrogen) atoms. The maximum atomic E-state index is 12.4. The molecule has 0 bridgehead atoms. The van der Waals surface area contributed by atoms with Crippen molar-refractivity contribution in [2.45, 2.75) is 98.3 Å². The lowest BCUT2D eigenvalue weighted by atomic mass is 9.88. The third-order valence-electron chi connectivity index (χ3n) is 6.74. The van der Waals surface area contributed by atoms with Gasteiger partial charge in [-0.25, -0.2) is 0 Å². The lowest BCUT2D eigenvalue weighted by Crippen LogP contribution is -2.47. The lowest BCUT2D eigenvalue weighted by Gasteiger charge is -2.42. The van der Waals surface area contributed by atoms with Crippen LogP contribution in [0.2, 0.25) is 37.8 Å². The van der Waals surface area contributed by atoms with Crippen LogP contribution < -0.4 is 0 Å². The van der Waals surface area contributed by atoms with Gasteiger partial charge < -0.3 is 4.43 Å². The van der Waals surface area contributed by atoms with E-state index in [1.165, 1.54) is 16.3 Å². The van der Waals surface area contributed by atoms with Crippen LogP contribution in [0, 0.1) is 11.3 Å². The van der Waals surface area contributed by atoms with Crippen LogP contribution in [0.5, 0.6) is 0 Å². The van der Waals surface area contributed by atoms with E-state index in [1.807, 2.05) is 0 Å². The molecule has 1 saturated carbocycles. The number of rotatable bonds is 4. The van der Waals surface area contributed by atoms with Crippen molar-refractivity contribution in [3.05, 3.63) is 22.4 Å². The Kier molecular flexibility index (Phi) is 5.51. The Labute approximate surface area is 163 Å². The maximum Gasteiger partial charge on any atom is 0.192 e. The van der Waals surface area contributed by atoms with Gasteiger partial charge in [0.25, 0.3) is 0 Å². The van der Waals surface area contributed by atoms with Crippen LogP contribution in [0.1, 0.15) is 54.4 Å². The summed E-state index contributed by atoms with van der Waals surface area (Å²) in [5, 5.41) is 1.70. The highest BCUT2D eigenvalue weighted by atomic mass is 28.4. The molecule has 0 aliphatic heterocycles. The molecule has 0 spiro atoms. The Balaban J connectivity index is 2.55. The number of fused-ring (bicyclic) bond motifs is 1. The molecule has 1 fully saturated rings. The van der Waals surface area contributed by atoms with Gasteiger partial charge in [-0.1, -0.05) is 65.5 Å². The summed E-state index contributed by atoms with van der Waals surface area (Å²) >= 11 is 0. The van der Waals surface area contributed by atoms with Crippen LogP contribution in [0.25, 0.3) is 0 Å². The molecule has 148 valence electrons. The maximum absolute atomic E-state index is 12.4. The zero-order valence-corrected chi connectivity index (χ0v) is 21.0. The number of hydrogen-bond donors (Lipinski definition) is 0. The quantitative estimate of drug-likeness (QED) is 0.509. The summed E-state index contributed by atoms with van der Waals surface area (Å²) in [6, 6.07) is 0. The van der Waals surface area contributed by atoms with Crippen LogP contribution in [0.15, 0.2) is 22.4 Å². The minimum atomic E-state index is -1.86. The average molecular weight is 393 g/mol. The van der Waals surface area contributed by atoms with Crippen LogP contribution in [0.4, 0.5) is 0 Å². The van der Waals surface area contributed by atoms with Crippen LogP contribution in [0.3, 0.4) is 0 Å². The molecule has 4 heteroatoms. The number of carbonyl (C=O) groups is 1. The first kappa shape index (κ1) is 21.8. The molecule has 0 saturated heterocycles. The van der Waals surface area contributed by atoms with Gasteiger partial charge in [-0.3, -0.25) is 4.79 Å². The van der Waals surface area contributed by atoms with E-state index in [9.17, 15) is 4.79 Å². The second kappa shape index (κ2) is 6.56. The summed E-state index contributed by atoms with van der Waals surface area (Å²) in [7, 11) is -3.44. The molecule has 0 heterocycles. The number of hydrogen-bond acceptors (Lipinski definition) is 2. The van der Waals surface area contributed by atoms with Gasteiger partial charge in [0.2, 0.25) is 0 Å². The van der Waals surface area contributed by atoms with Crippen molar-refractivity contribution < 1.29 is 9.22 Å². The molecule has 0 aromatic rings. The lowest BCUT2D eigenvalue weighted by molar-refractivity contribution is -0.119. The monoisotopic (exact) mass is 392 g/mol. The predicted octanol–water partition coefficient (Wildman–Crippen LogP) is 6.52. The molecule has 0 aromatic carbocycles. The van der Waals surface area contributed by atoms with Gasteiger partial charge >= 0.3 is 0 Å². The molecular formula is C22H40O2Si2. The molecule has 0 aromatic heterocycles. The number of Topliss-reactive ketones (excluding diaryl/α,β-unsaturated/α-hetero) is 1. The van der Waals surface area contributed by atoms with Crippen molar-refractivity contribution in [3.63, 3.8) is 0 Å². The van der Waals surface area contributed by atoms with E-state index in [0.29, 0.717) is 5.78 Å². The third-order valence-corrected chi connectivity index (χ3v) is 13.4. The summed E-state index contributed by atoms with van der Waals surface area (Å²) in [5.74, 6) is 0.430. The van der Waals surface area contributed by atoms with Crippen LogP contribution in [-0.2, 0) is 9.22 Å². The molecule has 0 radical (unpaired) electrons. The first-order chi connectivity index (χ1) is 11.5. The van der Waals surface area contributed by atoms with E-state index >= 15 is 0 Å². The fourth-order valence-electron chi connectivity index (χ4n) is 4.32. The number of allylic oxidation sites excluding steroid dienone is 2. The zero-order chi connectivity index (χ0) is 20.3.